The first-order valence-corrected chi connectivity index (χ1v) is 10.1. The molecule has 1 atom stereocenters. The van der Waals surface area contributed by atoms with Gasteiger partial charge in [0.2, 0.25) is 0 Å². The molecule has 0 bridgehead atoms. The molecule has 0 aromatic heterocycles. The third kappa shape index (κ3) is 21.5. The molecule has 0 saturated heterocycles. The Hall–Kier alpha value is 1.51. The van der Waals surface area contributed by atoms with Crippen molar-refractivity contribution in [1.82, 2.24) is 0 Å². The summed E-state index contributed by atoms with van der Waals surface area (Å²) in [6.07, 6.45) is 14.3. The fraction of sp³-hybridized carbons (Fsp3) is 1.00. The summed E-state index contributed by atoms with van der Waals surface area (Å²) in [5.41, 5.74) is 0. The molecule has 0 fully saturated rings. The minimum atomic E-state index is -4.29. The van der Waals surface area contributed by atoms with E-state index in [1.54, 1.807) is 0 Å². The maximum Gasteiger partial charge on any atom is 1.00 e. The van der Waals surface area contributed by atoms with Crippen LogP contribution in [0.4, 0.5) is 0 Å². The van der Waals surface area contributed by atoms with Crippen LogP contribution in [0.3, 0.4) is 0 Å². The van der Waals surface area contributed by atoms with Gasteiger partial charge in [-0.15, -0.1) is 0 Å². The van der Waals surface area contributed by atoms with E-state index in [-0.39, 0.29) is 51.4 Å². The first-order valence-electron chi connectivity index (χ1n) is 8.57. The second-order valence-corrected chi connectivity index (χ2v) is 7.50. The molecule has 0 aromatic rings. The maximum absolute atomic E-state index is 10.4. The second-order valence-electron chi connectivity index (χ2n) is 6.06. The summed E-state index contributed by atoms with van der Waals surface area (Å²) in [6.45, 7) is 2.23. The van der Waals surface area contributed by atoms with Crippen LogP contribution >= 0.6 is 0 Å². The number of hydrogen-bond donors (Lipinski definition) is 1. The topological polar surface area (TPSA) is 77.4 Å². The maximum atomic E-state index is 10.4. The standard InChI is InChI=1S/C16H34O4S.K/c1-2-3-4-5-6-7-8-9-10-11-12-13-14-16(17)15-21(18,19)20;/h16-17H,2-15H2,1H3,(H,18,19,20);/q;+1/p-1. The molecule has 0 aliphatic heterocycles. The van der Waals surface area contributed by atoms with Gasteiger partial charge < -0.3 is 9.66 Å². The zero-order valence-electron chi connectivity index (χ0n) is 14.6. The van der Waals surface area contributed by atoms with Gasteiger partial charge in [-0.25, -0.2) is 8.42 Å². The van der Waals surface area contributed by atoms with Gasteiger partial charge in [-0.3, -0.25) is 0 Å². The first kappa shape index (κ1) is 25.7. The predicted molar refractivity (Wildman–Crippen MR) is 86.3 cm³/mol. The predicted octanol–water partition coefficient (Wildman–Crippen LogP) is 0.988. The van der Waals surface area contributed by atoms with E-state index >= 15 is 0 Å². The molecule has 0 aliphatic carbocycles. The van der Waals surface area contributed by atoms with Gasteiger partial charge in [-0.05, 0) is 6.42 Å². The van der Waals surface area contributed by atoms with Crippen molar-refractivity contribution in [2.45, 2.75) is 96.5 Å². The van der Waals surface area contributed by atoms with E-state index in [0.29, 0.717) is 6.42 Å². The molecule has 0 saturated carbocycles. The van der Waals surface area contributed by atoms with E-state index in [9.17, 15) is 18.1 Å². The van der Waals surface area contributed by atoms with E-state index < -0.39 is 22.0 Å². The van der Waals surface area contributed by atoms with Crippen molar-refractivity contribution in [3.63, 3.8) is 0 Å². The Balaban J connectivity index is 0. The fourth-order valence-corrected chi connectivity index (χ4v) is 3.18. The van der Waals surface area contributed by atoms with Gasteiger partial charge >= 0.3 is 51.4 Å². The van der Waals surface area contributed by atoms with Crippen molar-refractivity contribution in [2.75, 3.05) is 5.75 Å². The minimum absolute atomic E-state index is 0. The van der Waals surface area contributed by atoms with E-state index in [4.69, 9.17) is 0 Å². The molecular formula is C16H33KO4S. The summed E-state index contributed by atoms with van der Waals surface area (Å²) in [5.74, 6) is -0.648. The average Bonchev–Trinajstić information content (AvgIpc) is 2.38. The summed E-state index contributed by atoms with van der Waals surface area (Å²) in [4.78, 5) is 0. The van der Waals surface area contributed by atoms with Gasteiger partial charge in [-0.2, -0.15) is 0 Å². The van der Waals surface area contributed by atoms with Crippen LogP contribution in [0, 0.1) is 0 Å². The Morgan fingerprint density at radius 1 is 0.818 bits per heavy atom. The molecule has 6 heteroatoms. The average molecular weight is 361 g/mol. The second kappa shape index (κ2) is 17.3. The van der Waals surface area contributed by atoms with Crippen molar-refractivity contribution in [2.24, 2.45) is 0 Å². The molecule has 22 heavy (non-hydrogen) atoms. The Kier molecular flexibility index (Phi) is 20.3. The monoisotopic (exact) mass is 360 g/mol. The minimum Gasteiger partial charge on any atom is -0.748 e. The zero-order chi connectivity index (χ0) is 16.0. The summed E-state index contributed by atoms with van der Waals surface area (Å²) in [6, 6.07) is 0. The number of rotatable bonds is 15. The van der Waals surface area contributed by atoms with Crippen LogP contribution in [0.5, 0.6) is 0 Å². The van der Waals surface area contributed by atoms with Crippen LogP contribution in [-0.4, -0.2) is 29.9 Å². The summed E-state index contributed by atoms with van der Waals surface area (Å²) in [7, 11) is -4.29. The van der Waals surface area contributed by atoms with Crippen LogP contribution in [0.2, 0.25) is 0 Å². The Morgan fingerprint density at radius 3 is 1.55 bits per heavy atom. The molecule has 4 nitrogen and oxygen atoms in total. The molecule has 1 unspecified atom stereocenters. The van der Waals surface area contributed by atoms with E-state index in [2.05, 4.69) is 6.92 Å². The fourth-order valence-electron chi connectivity index (χ4n) is 2.54. The molecule has 128 valence electrons. The Morgan fingerprint density at radius 2 is 1.18 bits per heavy atom. The summed E-state index contributed by atoms with van der Waals surface area (Å²) in [5, 5.41) is 9.37. The molecule has 0 amide bonds. The first-order chi connectivity index (χ1) is 9.95. The van der Waals surface area contributed by atoms with E-state index in [0.717, 1.165) is 19.3 Å². The van der Waals surface area contributed by atoms with Crippen molar-refractivity contribution < 1.29 is 69.5 Å². The number of aliphatic hydroxyl groups excluding tert-OH is 1. The molecule has 0 aliphatic rings. The molecule has 0 aromatic carbocycles. The number of aliphatic hydroxyl groups is 1. The normalized spacial score (nSPS) is 12.9. The Labute approximate surface area is 180 Å². The van der Waals surface area contributed by atoms with Crippen molar-refractivity contribution >= 4 is 10.1 Å². The molecular weight excluding hydrogens is 327 g/mol. The molecule has 0 heterocycles. The van der Waals surface area contributed by atoms with Gasteiger partial charge in [-0.1, -0.05) is 84.0 Å². The van der Waals surface area contributed by atoms with E-state index in [1.165, 1.54) is 57.8 Å². The molecule has 0 spiro atoms. The smallest absolute Gasteiger partial charge is 0.748 e. The number of unbranched alkanes of at least 4 members (excludes halogenated alkanes) is 11. The van der Waals surface area contributed by atoms with Crippen LogP contribution in [0.1, 0.15) is 90.4 Å². The quantitative estimate of drug-likeness (QED) is 0.268. The molecule has 1 N–H and O–H groups in total. The largest absolute Gasteiger partial charge is 1.00 e. The number of hydrogen-bond acceptors (Lipinski definition) is 4. The van der Waals surface area contributed by atoms with E-state index in [1.807, 2.05) is 0 Å². The zero-order valence-corrected chi connectivity index (χ0v) is 18.5. The van der Waals surface area contributed by atoms with Gasteiger partial charge in [0.05, 0.1) is 22.0 Å². The van der Waals surface area contributed by atoms with Crippen molar-refractivity contribution in [3.05, 3.63) is 0 Å². The van der Waals surface area contributed by atoms with Crippen LogP contribution in [0.15, 0.2) is 0 Å². The SMILES string of the molecule is CCCCCCCCCCCCCCC(O)CS(=O)(=O)[O-].[K+]. The van der Waals surface area contributed by atoms with Gasteiger partial charge in [0.1, 0.15) is 0 Å². The summed E-state index contributed by atoms with van der Waals surface area (Å²) < 4.78 is 31.3. The Bertz CT molecular complexity index is 320. The van der Waals surface area contributed by atoms with Crippen molar-refractivity contribution in [3.8, 4) is 0 Å². The van der Waals surface area contributed by atoms with Crippen LogP contribution in [0.25, 0.3) is 0 Å². The van der Waals surface area contributed by atoms with Crippen molar-refractivity contribution in [1.29, 1.82) is 0 Å². The van der Waals surface area contributed by atoms with Gasteiger partial charge in [0, 0.05) is 0 Å². The van der Waals surface area contributed by atoms with Crippen LogP contribution < -0.4 is 51.4 Å². The third-order valence-electron chi connectivity index (χ3n) is 3.79. The van der Waals surface area contributed by atoms with Gasteiger partial charge in [0.25, 0.3) is 0 Å². The van der Waals surface area contributed by atoms with Gasteiger partial charge in [0.15, 0.2) is 0 Å². The van der Waals surface area contributed by atoms with Crippen LogP contribution in [-0.2, 0) is 10.1 Å². The molecule has 0 radical (unpaired) electrons. The summed E-state index contributed by atoms with van der Waals surface area (Å²) >= 11 is 0. The third-order valence-corrected chi connectivity index (χ3v) is 4.58. The molecule has 0 rings (SSSR count).